The van der Waals surface area contributed by atoms with Crippen LogP contribution in [-0.4, -0.2) is 41.2 Å². The van der Waals surface area contributed by atoms with E-state index >= 15 is 0 Å². The Balaban J connectivity index is 1.86. The summed E-state index contributed by atoms with van der Waals surface area (Å²) in [5.41, 5.74) is 0.189. The highest BCUT2D eigenvalue weighted by atomic mass is 16.7. The molecule has 0 spiro atoms. The molecular formula is C18H27N3O5. The second-order valence-electron chi connectivity index (χ2n) is 6.99. The molecule has 2 aliphatic heterocycles. The largest absolute Gasteiger partial charge is 0.457 e. The highest BCUT2D eigenvalue weighted by Crippen LogP contribution is 2.25. The fourth-order valence-electron chi connectivity index (χ4n) is 3.44. The van der Waals surface area contributed by atoms with Gasteiger partial charge < -0.3 is 14.2 Å². The van der Waals surface area contributed by atoms with Crippen LogP contribution >= 0.6 is 0 Å². The van der Waals surface area contributed by atoms with Gasteiger partial charge in [0, 0.05) is 26.5 Å². The standard InChI is InChI=1S/C18H27N3O5/c1-12-19-14(11-13(20-23)15-7-3-5-9-24-15)17(18(22)21(12)2)26-16-8-4-6-10-25-16/h13,15-16H,3-11H2,1-2H3. The summed E-state index contributed by atoms with van der Waals surface area (Å²) in [6.45, 7) is 3.01. The Morgan fingerprint density at radius 3 is 2.58 bits per heavy atom. The molecule has 3 unspecified atom stereocenters. The maximum atomic E-state index is 12.7. The number of hydrogen-bond acceptors (Lipinski definition) is 7. The molecule has 144 valence electrons. The van der Waals surface area contributed by atoms with Crippen LogP contribution in [0.4, 0.5) is 0 Å². The van der Waals surface area contributed by atoms with E-state index in [0.717, 1.165) is 38.5 Å². The van der Waals surface area contributed by atoms with Crippen LogP contribution in [0.15, 0.2) is 9.97 Å². The Bertz CT molecular complexity index is 678. The molecule has 0 amide bonds. The number of aryl methyl sites for hydroxylation is 1. The first-order valence-corrected chi connectivity index (χ1v) is 9.39. The van der Waals surface area contributed by atoms with E-state index in [4.69, 9.17) is 14.2 Å². The molecule has 2 fully saturated rings. The van der Waals surface area contributed by atoms with Gasteiger partial charge >= 0.3 is 0 Å². The average molecular weight is 365 g/mol. The van der Waals surface area contributed by atoms with E-state index in [-0.39, 0.29) is 23.8 Å². The highest BCUT2D eigenvalue weighted by molar-refractivity contribution is 5.27. The van der Waals surface area contributed by atoms with Gasteiger partial charge in [0.2, 0.25) is 5.75 Å². The normalized spacial score (nSPS) is 24.8. The molecule has 3 rings (SSSR count). The Morgan fingerprint density at radius 1 is 1.23 bits per heavy atom. The Kier molecular flexibility index (Phi) is 6.37. The second-order valence-corrected chi connectivity index (χ2v) is 6.99. The van der Waals surface area contributed by atoms with Crippen molar-refractivity contribution in [1.82, 2.24) is 9.55 Å². The van der Waals surface area contributed by atoms with Gasteiger partial charge in [-0.2, -0.15) is 4.91 Å². The van der Waals surface area contributed by atoms with Gasteiger partial charge in [-0.15, -0.1) is 0 Å². The van der Waals surface area contributed by atoms with Crippen LogP contribution in [-0.2, 0) is 22.9 Å². The van der Waals surface area contributed by atoms with E-state index in [9.17, 15) is 9.70 Å². The van der Waals surface area contributed by atoms with Crippen LogP contribution in [0.5, 0.6) is 5.75 Å². The zero-order chi connectivity index (χ0) is 18.5. The molecule has 1 aromatic heterocycles. The highest BCUT2D eigenvalue weighted by Gasteiger charge is 2.29. The third kappa shape index (κ3) is 4.29. The first-order valence-electron chi connectivity index (χ1n) is 9.39. The smallest absolute Gasteiger partial charge is 0.296 e. The minimum absolute atomic E-state index is 0.162. The maximum Gasteiger partial charge on any atom is 0.296 e. The number of rotatable bonds is 6. The average Bonchev–Trinajstić information content (AvgIpc) is 2.68. The van der Waals surface area contributed by atoms with Crippen LogP contribution < -0.4 is 10.3 Å². The summed E-state index contributed by atoms with van der Waals surface area (Å²) in [6.07, 6.45) is 5.07. The summed E-state index contributed by atoms with van der Waals surface area (Å²) in [6, 6.07) is -0.580. The zero-order valence-electron chi connectivity index (χ0n) is 15.5. The molecule has 3 heterocycles. The van der Waals surface area contributed by atoms with Crippen LogP contribution in [0.2, 0.25) is 0 Å². The first-order chi connectivity index (χ1) is 12.6. The molecule has 8 nitrogen and oxygen atoms in total. The zero-order valence-corrected chi connectivity index (χ0v) is 15.5. The lowest BCUT2D eigenvalue weighted by atomic mass is 9.98. The Morgan fingerprint density at radius 2 is 1.96 bits per heavy atom. The van der Waals surface area contributed by atoms with Crippen LogP contribution in [0.25, 0.3) is 0 Å². The van der Waals surface area contributed by atoms with Crippen molar-refractivity contribution in [3.63, 3.8) is 0 Å². The molecule has 0 aromatic carbocycles. The van der Waals surface area contributed by atoms with Gasteiger partial charge in [-0.05, 0) is 39.0 Å². The van der Waals surface area contributed by atoms with Crippen molar-refractivity contribution < 1.29 is 14.2 Å². The Labute approximate surface area is 152 Å². The molecule has 2 aliphatic rings. The lowest BCUT2D eigenvalue weighted by molar-refractivity contribution is -0.107. The Hall–Kier alpha value is -1.80. The molecule has 0 bridgehead atoms. The second kappa shape index (κ2) is 8.73. The summed E-state index contributed by atoms with van der Waals surface area (Å²) >= 11 is 0. The number of nitrogens with zero attached hydrogens (tertiary/aromatic N) is 3. The predicted molar refractivity (Wildman–Crippen MR) is 95.3 cm³/mol. The van der Waals surface area contributed by atoms with E-state index < -0.39 is 12.3 Å². The molecule has 2 saturated heterocycles. The van der Waals surface area contributed by atoms with Crippen LogP contribution in [0.1, 0.15) is 50.0 Å². The van der Waals surface area contributed by atoms with Crippen molar-refractivity contribution in [1.29, 1.82) is 0 Å². The van der Waals surface area contributed by atoms with Crippen molar-refractivity contribution in [3.05, 3.63) is 26.8 Å². The summed E-state index contributed by atoms with van der Waals surface area (Å²) < 4.78 is 18.6. The third-order valence-electron chi connectivity index (χ3n) is 5.11. The molecule has 0 aliphatic carbocycles. The number of hydrogen-bond donors (Lipinski definition) is 0. The lowest BCUT2D eigenvalue weighted by Crippen LogP contribution is -2.35. The fourth-order valence-corrected chi connectivity index (χ4v) is 3.44. The van der Waals surface area contributed by atoms with Crippen molar-refractivity contribution in [3.8, 4) is 5.75 Å². The molecule has 3 atom stereocenters. The van der Waals surface area contributed by atoms with E-state index in [2.05, 4.69) is 10.2 Å². The SMILES string of the molecule is Cc1nc(CC(N=O)C2CCCCO2)c(OC2CCCCO2)c(=O)n1C. The number of nitroso groups, excluding NO2 is 1. The molecule has 0 saturated carbocycles. The quantitative estimate of drug-likeness (QED) is 0.718. The minimum atomic E-state index is -0.580. The van der Waals surface area contributed by atoms with Gasteiger partial charge in [-0.25, -0.2) is 4.98 Å². The predicted octanol–water partition coefficient (Wildman–Crippen LogP) is 2.24. The summed E-state index contributed by atoms with van der Waals surface area (Å²) in [4.78, 5) is 28.7. The van der Waals surface area contributed by atoms with Crippen molar-refractivity contribution in [2.45, 2.75) is 70.3 Å². The molecular weight excluding hydrogens is 338 g/mol. The summed E-state index contributed by atoms with van der Waals surface area (Å²) in [5.74, 6) is 0.727. The van der Waals surface area contributed by atoms with Gasteiger partial charge in [-0.1, -0.05) is 5.18 Å². The van der Waals surface area contributed by atoms with E-state index in [1.54, 1.807) is 14.0 Å². The van der Waals surface area contributed by atoms with Gasteiger partial charge in [-0.3, -0.25) is 9.36 Å². The van der Waals surface area contributed by atoms with Crippen LogP contribution in [0.3, 0.4) is 0 Å². The van der Waals surface area contributed by atoms with E-state index in [1.807, 2.05) is 0 Å². The van der Waals surface area contributed by atoms with E-state index in [1.165, 1.54) is 4.57 Å². The first kappa shape index (κ1) is 19.0. The molecule has 0 radical (unpaired) electrons. The lowest BCUT2D eigenvalue weighted by Gasteiger charge is -2.27. The topological polar surface area (TPSA) is 92.0 Å². The summed E-state index contributed by atoms with van der Waals surface area (Å²) in [7, 11) is 1.66. The van der Waals surface area contributed by atoms with Gasteiger partial charge in [0.15, 0.2) is 6.29 Å². The number of ether oxygens (including phenoxy) is 3. The minimum Gasteiger partial charge on any atom is -0.457 e. The van der Waals surface area contributed by atoms with Crippen LogP contribution in [0, 0.1) is 11.8 Å². The van der Waals surface area contributed by atoms with Crippen molar-refractivity contribution in [2.75, 3.05) is 13.2 Å². The summed E-state index contributed by atoms with van der Waals surface area (Å²) in [5, 5.41) is 3.27. The third-order valence-corrected chi connectivity index (χ3v) is 5.11. The molecule has 26 heavy (non-hydrogen) atoms. The molecule has 8 heteroatoms. The molecule has 0 N–H and O–H groups in total. The van der Waals surface area contributed by atoms with Gasteiger partial charge in [0.05, 0.1) is 18.4 Å². The number of aromatic nitrogens is 2. The van der Waals surface area contributed by atoms with Crippen molar-refractivity contribution in [2.24, 2.45) is 12.2 Å². The monoisotopic (exact) mass is 365 g/mol. The fraction of sp³-hybridized carbons (Fsp3) is 0.778. The molecule has 1 aromatic rings. The van der Waals surface area contributed by atoms with Gasteiger partial charge in [0.1, 0.15) is 11.9 Å². The van der Waals surface area contributed by atoms with E-state index in [0.29, 0.717) is 24.7 Å². The van der Waals surface area contributed by atoms with Gasteiger partial charge in [0.25, 0.3) is 5.56 Å². The maximum absolute atomic E-state index is 12.7. The van der Waals surface area contributed by atoms with Crippen molar-refractivity contribution >= 4 is 0 Å².